The zero-order valence-electron chi connectivity index (χ0n) is 10.9. The summed E-state index contributed by atoms with van der Waals surface area (Å²) in [4.78, 5) is 3.93. The van der Waals surface area contributed by atoms with Crippen LogP contribution in [0.5, 0.6) is 0 Å². The number of nitrogens with zero attached hydrogens (tertiary/aromatic N) is 2. The van der Waals surface area contributed by atoms with Crippen molar-refractivity contribution in [2.45, 2.75) is 18.7 Å². The van der Waals surface area contributed by atoms with Crippen molar-refractivity contribution in [3.8, 4) is 0 Å². The van der Waals surface area contributed by atoms with Crippen molar-refractivity contribution in [2.24, 2.45) is 5.73 Å². The van der Waals surface area contributed by atoms with Crippen LogP contribution in [0.25, 0.3) is 0 Å². The average Bonchev–Trinajstić information content (AvgIpc) is 2.91. The van der Waals surface area contributed by atoms with E-state index in [2.05, 4.69) is 19.9 Å². The Morgan fingerprint density at radius 2 is 2.10 bits per heavy atom. The highest BCUT2D eigenvalue weighted by molar-refractivity contribution is 7.88. The number of nitrogens with one attached hydrogen (secondary N) is 2. The number of aromatic amines is 1. The van der Waals surface area contributed by atoms with E-state index in [9.17, 15) is 8.42 Å². The molecule has 0 unspecified atom stereocenters. The van der Waals surface area contributed by atoms with Crippen molar-refractivity contribution in [2.75, 3.05) is 6.54 Å². The molecule has 0 aliphatic carbocycles. The van der Waals surface area contributed by atoms with E-state index < -0.39 is 10.0 Å². The van der Waals surface area contributed by atoms with Gasteiger partial charge in [0, 0.05) is 19.5 Å². The Balaban J connectivity index is 1.89. The third-order valence-electron chi connectivity index (χ3n) is 2.73. The fourth-order valence-corrected chi connectivity index (χ4v) is 2.93. The van der Waals surface area contributed by atoms with Gasteiger partial charge in [0.25, 0.3) is 0 Å². The van der Waals surface area contributed by atoms with Crippen LogP contribution in [-0.4, -0.2) is 30.1 Å². The van der Waals surface area contributed by atoms with Crippen LogP contribution in [0.4, 0.5) is 0 Å². The van der Waals surface area contributed by atoms with E-state index in [4.69, 9.17) is 5.73 Å². The summed E-state index contributed by atoms with van der Waals surface area (Å²) in [5, 5.41) is 6.38. The van der Waals surface area contributed by atoms with E-state index in [-0.39, 0.29) is 12.3 Å². The standard InChI is InChI=1S/C12H17N5O2S/c13-7-10-2-1-3-11(6-10)8-20(18,19)16-5-4-12-14-9-15-17-12/h1-3,6,9,16H,4-5,7-8,13H2,(H,14,15,17). The van der Waals surface area contributed by atoms with Crippen LogP contribution < -0.4 is 10.5 Å². The number of sulfonamides is 1. The minimum atomic E-state index is -3.37. The molecule has 8 heteroatoms. The topological polar surface area (TPSA) is 114 Å². The third kappa shape index (κ3) is 4.41. The summed E-state index contributed by atoms with van der Waals surface area (Å²) in [7, 11) is -3.37. The molecule has 0 radical (unpaired) electrons. The van der Waals surface area contributed by atoms with E-state index in [0.29, 0.717) is 18.8 Å². The van der Waals surface area contributed by atoms with Crippen LogP contribution in [0.3, 0.4) is 0 Å². The van der Waals surface area contributed by atoms with Crippen LogP contribution in [-0.2, 0) is 28.7 Å². The first-order valence-electron chi connectivity index (χ1n) is 6.18. The number of aromatic nitrogens is 3. The first kappa shape index (κ1) is 14.6. The van der Waals surface area contributed by atoms with Crippen LogP contribution >= 0.6 is 0 Å². The molecule has 1 heterocycles. The predicted molar refractivity (Wildman–Crippen MR) is 75.0 cm³/mol. The monoisotopic (exact) mass is 295 g/mol. The van der Waals surface area contributed by atoms with Crippen molar-refractivity contribution in [1.82, 2.24) is 19.9 Å². The normalized spacial score (nSPS) is 11.7. The summed E-state index contributed by atoms with van der Waals surface area (Å²) >= 11 is 0. The molecule has 0 atom stereocenters. The Kier molecular flexibility index (Phi) is 4.83. The number of rotatable bonds is 7. The summed E-state index contributed by atoms with van der Waals surface area (Å²) in [6.45, 7) is 0.681. The Bertz CT molecular complexity index is 640. The lowest BCUT2D eigenvalue weighted by atomic mass is 10.1. The van der Waals surface area contributed by atoms with Crippen LogP contribution in [0, 0.1) is 0 Å². The molecule has 0 aliphatic heterocycles. The molecule has 4 N–H and O–H groups in total. The van der Waals surface area contributed by atoms with Crippen LogP contribution in [0.2, 0.25) is 0 Å². The maximum atomic E-state index is 11.9. The van der Waals surface area contributed by atoms with Gasteiger partial charge in [-0.2, -0.15) is 5.10 Å². The molecule has 20 heavy (non-hydrogen) atoms. The van der Waals surface area contributed by atoms with Gasteiger partial charge in [0.15, 0.2) is 0 Å². The summed E-state index contributed by atoms with van der Waals surface area (Å²) in [5.41, 5.74) is 7.17. The zero-order chi connectivity index (χ0) is 14.4. The van der Waals surface area contributed by atoms with Crippen molar-refractivity contribution in [3.05, 3.63) is 47.5 Å². The predicted octanol–water partition coefficient (Wildman–Crippen LogP) is -0.0745. The zero-order valence-corrected chi connectivity index (χ0v) is 11.7. The molecule has 0 saturated heterocycles. The molecule has 0 fully saturated rings. The van der Waals surface area contributed by atoms with Crippen molar-refractivity contribution >= 4 is 10.0 Å². The lowest BCUT2D eigenvalue weighted by molar-refractivity contribution is 0.580. The molecule has 2 rings (SSSR count). The Morgan fingerprint density at radius 1 is 1.30 bits per heavy atom. The highest BCUT2D eigenvalue weighted by Gasteiger charge is 2.11. The van der Waals surface area contributed by atoms with Gasteiger partial charge in [-0.25, -0.2) is 18.1 Å². The second-order valence-corrected chi connectivity index (χ2v) is 6.17. The van der Waals surface area contributed by atoms with Gasteiger partial charge in [-0.15, -0.1) is 0 Å². The molecular weight excluding hydrogens is 278 g/mol. The first-order chi connectivity index (χ1) is 9.59. The largest absolute Gasteiger partial charge is 0.326 e. The summed E-state index contributed by atoms with van der Waals surface area (Å²) < 4.78 is 26.4. The van der Waals surface area contributed by atoms with E-state index in [0.717, 1.165) is 11.1 Å². The van der Waals surface area contributed by atoms with Gasteiger partial charge in [0.2, 0.25) is 10.0 Å². The molecule has 108 valence electrons. The van der Waals surface area contributed by atoms with E-state index in [1.165, 1.54) is 6.33 Å². The molecule has 0 spiro atoms. The number of benzene rings is 1. The molecule has 1 aromatic heterocycles. The lowest BCUT2D eigenvalue weighted by Gasteiger charge is -2.07. The van der Waals surface area contributed by atoms with E-state index >= 15 is 0 Å². The molecular formula is C12H17N5O2S. The van der Waals surface area contributed by atoms with Gasteiger partial charge in [-0.3, -0.25) is 5.10 Å². The van der Waals surface area contributed by atoms with Gasteiger partial charge in [-0.05, 0) is 11.1 Å². The average molecular weight is 295 g/mol. The molecule has 0 aliphatic rings. The van der Waals surface area contributed by atoms with Gasteiger partial charge >= 0.3 is 0 Å². The maximum absolute atomic E-state index is 11.9. The van der Waals surface area contributed by atoms with Crippen molar-refractivity contribution in [1.29, 1.82) is 0 Å². The van der Waals surface area contributed by atoms with E-state index in [1.54, 1.807) is 12.1 Å². The summed E-state index contributed by atoms with van der Waals surface area (Å²) in [6, 6.07) is 7.25. The number of nitrogens with two attached hydrogens (primary N) is 1. The molecule has 7 nitrogen and oxygen atoms in total. The summed E-state index contributed by atoms with van der Waals surface area (Å²) in [5.74, 6) is 0.592. The van der Waals surface area contributed by atoms with Gasteiger partial charge in [-0.1, -0.05) is 24.3 Å². The Labute approximate surface area is 117 Å². The van der Waals surface area contributed by atoms with E-state index in [1.807, 2.05) is 12.1 Å². The quantitative estimate of drug-likeness (QED) is 0.661. The van der Waals surface area contributed by atoms with Gasteiger partial charge < -0.3 is 5.73 Å². The molecule has 0 bridgehead atoms. The number of hydrogen-bond donors (Lipinski definition) is 3. The minimum absolute atomic E-state index is 0.0583. The minimum Gasteiger partial charge on any atom is -0.326 e. The van der Waals surface area contributed by atoms with Gasteiger partial charge in [0.05, 0.1) is 5.75 Å². The second-order valence-electron chi connectivity index (χ2n) is 4.36. The fourth-order valence-electron chi connectivity index (χ4n) is 1.79. The third-order valence-corrected chi connectivity index (χ3v) is 4.09. The fraction of sp³-hybridized carbons (Fsp3) is 0.333. The van der Waals surface area contributed by atoms with Crippen molar-refractivity contribution in [3.63, 3.8) is 0 Å². The lowest BCUT2D eigenvalue weighted by Crippen LogP contribution is -2.27. The van der Waals surface area contributed by atoms with Crippen LogP contribution in [0.15, 0.2) is 30.6 Å². The Hall–Kier alpha value is -1.77. The van der Waals surface area contributed by atoms with Crippen LogP contribution in [0.1, 0.15) is 17.0 Å². The highest BCUT2D eigenvalue weighted by atomic mass is 32.2. The molecule has 1 aromatic carbocycles. The summed E-state index contributed by atoms with van der Waals surface area (Å²) in [6.07, 6.45) is 1.87. The first-order valence-corrected chi connectivity index (χ1v) is 7.84. The highest BCUT2D eigenvalue weighted by Crippen LogP contribution is 2.08. The number of H-pyrrole nitrogens is 1. The van der Waals surface area contributed by atoms with Crippen molar-refractivity contribution < 1.29 is 8.42 Å². The van der Waals surface area contributed by atoms with Gasteiger partial charge in [0.1, 0.15) is 12.2 Å². The molecule has 0 amide bonds. The SMILES string of the molecule is NCc1cccc(CS(=O)(=O)NCCc2ncn[nH]2)c1. The Morgan fingerprint density at radius 3 is 2.80 bits per heavy atom. The second kappa shape index (κ2) is 6.60. The smallest absolute Gasteiger partial charge is 0.215 e. The molecule has 0 saturated carbocycles. The molecule has 2 aromatic rings. The maximum Gasteiger partial charge on any atom is 0.215 e. The number of hydrogen-bond acceptors (Lipinski definition) is 5.